The summed E-state index contributed by atoms with van der Waals surface area (Å²) in [7, 11) is 0. The van der Waals surface area contributed by atoms with Gasteiger partial charge in [0.05, 0.1) is 0 Å². The Hall–Kier alpha value is -2.05. The molecule has 1 aromatic carbocycles. The fourth-order valence-corrected chi connectivity index (χ4v) is 4.57. The Labute approximate surface area is 167 Å². The molecule has 1 aromatic heterocycles. The molecule has 2 aromatic rings. The molecule has 0 aliphatic carbocycles. The molecule has 2 fully saturated rings. The number of carbonyl (C=O) groups excluding carboxylic acids is 1. The Kier molecular flexibility index (Phi) is 5.60. The number of piperazine rings is 1. The van der Waals surface area contributed by atoms with Crippen LogP contribution in [0.15, 0.2) is 18.2 Å². The van der Waals surface area contributed by atoms with Gasteiger partial charge < -0.3 is 19.9 Å². The van der Waals surface area contributed by atoms with Crippen molar-refractivity contribution in [2.45, 2.75) is 52.2 Å². The molecular formula is C22H32N4O2. The van der Waals surface area contributed by atoms with Gasteiger partial charge in [-0.1, -0.05) is 6.07 Å². The minimum absolute atomic E-state index is 0.0428. The zero-order chi connectivity index (χ0) is 19.7. The zero-order valence-electron chi connectivity index (χ0n) is 17.3. The number of benzene rings is 1. The lowest BCUT2D eigenvalue weighted by atomic mass is 10.0. The largest absolute Gasteiger partial charge is 0.381 e. The average molecular weight is 385 g/mol. The smallest absolute Gasteiger partial charge is 0.317 e. The number of hydrogen-bond acceptors (Lipinski definition) is 3. The number of amides is 2. The van der Waals surface area contributed by atoms with Gasteiger partial charge in [-0.2, -0.15) is 0 Å². The molecule has 0 radical (unpaired) electrons. The van der Waals surface area contributed by atoms with E-state index >= 15 is 0 Å². The Morgan fingerprint density at radius 3 is 2.79 bits per heavy atom. The van der Waals surface area contributed by atoms with Crippen molar-refractivity contribution in [1.29, 1.82) is 0 Å². The minimum Gasteiger partial charge on any atom is -0.381 e. The highest BCUT2D eigenvalue weighted by Crippen LogP contribution is 2.23. The van der Waals surface area contributed by atoms with Crippen LogP contribution in [0.2, 0.25) is 0 Å². The first-order valence-corrected chi connectivity index (χ1v) is 10.5. The third-order valence-electron chi connectivity index (χ3n) is 6.44. The van der Waals surface area contributed by atoms with Crippen LogP contribution in [0.1, 0.15) is 36.6 Å². The van der Waals surface area contributed by atoms with E-state index in [0.717, 1.165) is 56.8 Å². The van der Waals surface area contributed by atoms with Crippen molar-refractivity contribution >= 4 is 16.9 Å². The summed E-state index contributed by atoms with van der Waals surface area (Å²) in [5, 5.41) is 4.36. The van der Waals surface area contributed by atoms with E-state index in [1.807, 2.05) is 4.90 Å². The van der Waals surface area contributed by atoms with E-state index in [9.17, 15) is 4.79 Å². The van der Waals surface area contributed by atoms with Crippen molar-refractivity contribution in [3.63, 3.8) is 0 Å². The lowest BCUT2D eigenvalue weighted by Gasteiger charge is -2.44. The molecule has 2 aliphatic rings. The SMILES string of the molecule is Cc1[nH]c2ccc(CNC(=O)N3CCN(C4CCOCC4)C[C@@H]3C)cc2c1C. The van der Waals surface area contributed by atoms with Crippen molar-refractivity contribution in [3.05, 3.63) is 35.0 Å². The van der Waals surface area contributed by atoms with Gasteiger partial charge in [0.2, 0.25) is 0 Å². The van der Waals surface area contributed by atoms with Crippen molar-refractivity contribution in [2.24, 2.45) is 0 Å². The van der Waals surface area contributed by atoms with E-state index in [1.165, 1.54) is 16.6 Å². The fourth-order valence-electron chi connectivity index (χ4n) is 4.57. The summed E-state index contributed by atoms with van der Waals surface area (Å²) in [6.45, 7) is 11.4. The lowest BCUT2D eigenvalue weighted by Crippen LogP contribution is -2.58. The number of aryl methyl sites for hydroxylation is 2. The van der Waals surface area contributed by atoms with Gasteiger partial charge in [0, 0.05) is 68.1 Å². The van der Waals surface area contributed by atoms with E-state index < -0.39 is 0 Å². The van der Waals surface area contributed by atoms with Crippen LogP contribution in [0.3, 0.4) is 0 Å². The number of hydrogen-bond donors (Lipinski definition) is 2. The van der Waals surface area contributed by atoms with Gasteiger partial charge >= 0.3 is 6.03 Å². The van der Waals surface area contributed by atoms with Gasteiger partial charge in [-0.05, 0) is 56.9 Å². The molecule has 2 amide bonds. The minimum atomic E-state index is 0.0428. The summed E-state index contributed by atoms with van der Waals surface area (Å²) >= 11 is 0. The normalized spacial score (nSPS) is 22.0. The van der Waals surface area contributed by atoms with Gasteiger partial charge in [-0.25, -0.2) is 4.79 Å². The number of nitrogens with zero attached hydrogens (tertiary/aromatic N) is 2. The van der Waals surface area contributed by atoms with Gasteiger partial charge in [-0.3, -0.25) is 4.90 Å². The Bertz CT molecular complexity index is 840. The van der Waals surface area contributed by atoms with Gasteiger partial charge in [0.25, 0.3) is 0 Å². The maximum absolute atomic E-state index is 12.8. The second-order valence-electron chi connectivity index (χ2n) is 8.29. The number of fused-ring (bicyclic) bond motifs is 1. The molecular weight excluding hydrogens is 352 g/mol. The quantitative estimate of drug-likeness (QED) is 0.854. The van der Waals surface area contributed by atoms with Crippen LogP contribution in [-0.2, 0) is 11.3 Å². The molecule has 2 aliphatic heterocycles. The first-order valence-electron chi connectivity index (χ1n) is 10.5. The summed E-state index contributed by atoms with van der Waals surface area (Å²) in [6.07, 6.45) is 2.22. The third kappa shape index (κ3) is 3.89. The number of urea groups is 1. The summed E-state index contributed by atoms with van der Waals surface area (Å²) < 4.78 is 5.48. The van der Waals surface area contributed by atoms with Crippen LogP contribution in [-0.4, -0.2) is 65.7 Å². The van der Waals surface area contributed by atoms with Crippen molar-refractivity contribution in [1.82, 2.24) is 20.1 Å². The number of ether oxygens (including phenoxy) is 1. The summed E-state index contributed by atoms with van der Waals surface area (Å²) in [5.41, 5.74) is 4.77. The predicted molar refractivity (Wildman–Crippen MR) is 112 cm³/mol. The Morgan fingerprint density at radius 2 is 2.04 bits per heavy atom. The molecule has 0 spiro atoms. The number of aromatic nitrogens is 1. The fraction of sp³-hybridized carbons (Fsp3) is 0.591. The Balaban J connectivity index is 1.33. The molecule has 0 bridgehead atoms. The predicted octanol–water partition coefficient (Wildman–Crippen LogP) is 3.18. The number of nitrogens with one attached hydrogen (secondary N) is 2. The molecule has 1 atom stereocenters. The van der Waals surface area contributed by atoms with E-state index in [2.05, 4.69) is 54.2 Å². The standard InChI is InChI=1S/C22H32N4O2/c1-15-14-25(19-6-10-28-11-7-19)8-9-26(15)22(27)23-13-18-4-5-21-20(12-18)16(2)17(3)24-21/h4-5,12,15,19,24H,6-11,13-14H2,1-3H3,(H,23,27)/t15-/m0/s1. The number of rotatable bonds is 3. The van der Waals surface area contributed by atoms with E-state index in [0.29, 0.717) is 12.6 Å². The molecule has 2 N–H and O–H groups in total. The second kappa shape index (κ2) is 8.13. The molecule has 6 nitrogen and oxygen atoms in total. The molecule has 0 saturated carbocycles. The van der Waals surface area contributed by atoms with Crippen LogP contribution in [0.25, 0.3) is 10.9 Å². The first-order chi connectivity index (χ1) is 13.5. The first kappa shape index (κ1) is 19.3. The van der Waals surface area contributed by atoms with Crippen LogP contribution < -0.4 is 5.32 Å². The average Bonchev–Trinajstić information content (AvgIpc) is 3.00. The Morgan fingerprint density at radius 1 is 1.25 bits per heavy atom. The van der Waals surface area contributed by atoms with Gasteiger partial charge in [-0.15, -0.1) is 0 Å². The molecule has 0 unspecified atom stereocenters. The molecule has 2 saturated heterocycles. The molecule has 152 valence electrons. The maximum atomic E-state index is 12.8. The van der Waals surface area contributed by atoms with Crippen LogP contribution in [0, 0.1) is 13.8 Å². The van der Waals surface area contributed by atoms with E-state index in [1.54, 1.807) is 0 Å². The summed E-state index contributed by atoms with van der Waals surface area (Å²) in [5.74, 6) is 0. The highest BCUT2D eigenvalue weighted by Gasteiger charge is 2.31. The zero-order valence-corrected chi connectivity index (χ0v) is 17.3. The summed E-state index contributed by atoms with van der Waals surface area (Å²) in [4.78, 5) is 20.7. The number of carbonyl (C=O) groups is 1. The summed E-state index contributed by atoms with van der Waals surface area (Å²) in [6, 6.07) is 7.26. The van der Waals surface area contributed by atoms with E-state index in [-0.39, 0.29) is 12.1 Å². The monoisotopic (exact) mass is 384 g/mol. The highest BCUT2D eigenvalue weighted by atomic mass is 16.5. The van der Waals surface area contributed by atoms with Crippen molar-refractivity contribution < 1.29 is 9.53 Å². The highest BCUT2D eigenvalue weighted by molar-refractivity contribution is 5.85. The molecule has 3 heterocycles. The topological polar surface area (TPSA) is 60.6 Å². The van der Waals surface area contributed by atoms with Crippen molar-refractivity contribution in [2.75, 3.05) is 32.8 Å². The van der Waals surface area contributed by atoms with Crippen LogP contribution in [0.4, 0.5) is 4.79 Å². The van der Waals surface area contributed by atoms with Gasteiger partial charge in [0.15, 0.2) is 0 Å². The molecule has 28 heavy (non-hydrogen) atoms. The number of aromatic amines is 1. The van der Waals surface area contributed by atoms with Crippen LogP contribution >= 0.6 is 0 Å². The molecule has 6 heteroatoms. The van der Waals surface area contributed by atoms with Gasteiger partial charge in [0.1, 0.15) is 0 Å². The molecule has 4 rings (SSSR count). The second-order valence-corrected chi connectivity index (χ2v) is 8.29. The maximum Gasteiger partial charge on any atom is 0.317 e. The lowest BCUT2D eigenvalue weighted by molar-refractivity contribution is 0.00699. The van der Waals surface area contributed by atoms with Crippen LogP contribution in [0.5, 0.6) is 0 Å². The third-order valence-corrected chi connectivity index (χ3v) is 6.44. The van der Waals surface area contributed by atoms with Crippen molar-refractivity contribution in [3.8, 4) is 0 Å². The van der Waals surface area contributed by atoms with E-state index in [4.69, 9.17) is 4.74 Å². The number of H-pyrrole nitrogens is 1.